The lowest BCUT2D eigenvalue weighted by atomic mass is 10.2. The Kier molecular flexibility index (Phi) is 17.7. The summed E-state index contributed by atoms with van der Waals surface area (Å²) in [6.45, 7) is 2.12. The minimum Gasteiger partial charge on any atom is -0.469 e. The monoisotopic (exact) mass is 444 g/mol. The summed E-state index contributed by atoms with van der Waals surface area (Å²) in [4.78, 5) is 42.6. The van der Waals surface area contributed by atoms with E-state index in [4.69, 9.17) is 0 Å². The second kappa shape index (κ2) is 16.6. The first kappa shape index (κ1) is 23.5. The number of ketones is 2. The average molecular weight is 446 g/mol. The van der Waals surface area contributed by atoms with E-state index in [1.807, 2.05) is 0 Å². The van der Waals surface area contributed by atoms with E-state index >= 15 is 0 Å². The van der Waals surface area contributed by atoms with Crippen molar-refractivity contribution in [3.8, 4) is 0 Å². The van der Waals surface area contributed by atoms with E-state index in [9.17, 15) is 19.2 Å². The summed E-state index contributed by atoms with van der Waals surface area (Å²) in [5.74, 6) is -0.416. The van der Waals surface area contributed by atoms with Gasteiger partial charge in [0.15, 0.2) is 0 Å². The van der Waals surface area contributed by atoms with E-state index in [2.05, 4.69) is 41.3 Å². The van der Waals surface area contributed by atoms with E-state index in [0.717, 1.165) is 0 Å². The smallest absolute Gasteiger partial charge is 0.306 e. The Bertz CT molecular complexity index is 341. The van der Waals surface area contributed by atoms with Crippen LogP contribution < -0.4 is 0 Å². The third-order valence-electron chi connectivity index (χ3n) is 2.28. The number of hydrogen-bond acceptors (Lipinski definition) is 6. The molecule has 0 heterocycles. The number of esters is 2. The first-order chi connectivity index (χ1) is 10.4. The maximum Gasteiger partial charge on any atom is 0.306 e. The van der Waals surface area contributed by atoms with Gasteiger partial charge >= 0.3 is 11.9 Å². The van der Waals surface area contributed by atoms with Crippen LogP contribution in [0.15, 0.2) is 0 Å². The molecule has 0 unspecified atom stereocenters. The fourth-order valence-corrected chi connectivity index (χ4v) is 1.70. The first-order valence-electron chi connectivity index (χ1n) is 6.78. The molecule has 0 spiro atoms. The van der Waals surface area contributed by atoms with Crippen LogP contribution in [-0.4, -0.2) is 47.9 Å². The van der Waals surface area contributed by atoms with Gasteiger partial charge in [-0.25, -0.2) is 0 Å². The maximum absolute atomic E-state index is 10.7. The molecule has 0 atom stereocenters. The molecular weight excluding hydrogens is 424 g/mol. The number of hydrogen-bond donors (Lipinski definition) is 0. The molecule has 0 radical (unpaired) electrons. The van der Waals surface area contributed by atoms with Gasteiger partial charge in [-0.15, -0.1) is 0 Å². The lowest BCUT2D eigenvalue weighted by Crippen LogP contribution is -2.07. The van der Waals surface area contributed by atoms with Gasteiger partial charge in [0.1, 0.15) is 11.6 Å². The standard InChI is InChI=1S/2C7H11BrO3/c1-11-7(10)4-2-3-6(9)5-8;1-2-11-7(10)4-3-6(9)5-8/h2*2-5H2,1H3. The molecule has 0 aromatic carbocycles. The normalized spacial score (nSPS) is 9.27. The van der Waals surface area contributed by atoms with E-state index in [0.29, 0.717) is 36.5 Å². The van der Waals surface area contributed by atoms with Crippen LogP contribution in [0, 0.1) is 0 Å². The zero-order valence-corrected chi connectivity index (χ0v) is 16.0. The van der Waals surface area contributed by atoms with Gasteiger partial charge in [0.25, 0.3) is 0 Å². The van der Waals surface area contributed by atoms with Crippen LogP contribution in [0.25, 0.3) is 0 Å². The molecule has 0 N–H and O–H groups in total. The molecule has 6 nitrogen and oxygen atoms in total. The third kappa shape index (κ3) is 17.3. The predicted molar refractivity (Wildman–Crippen MR) is 89.3 cm³/mol. The Morgan fingerprint density at radius 2 is 1.36 bits per heavy atom. The fraction of sp³-hybridized carbons (Fsp3) is 0.714. The topological polar surface area (TPSA) is 86.7 Å². The SMILES string of the molecule is CCOC(=O)CCC(=O)CBr.COC(=O)CCCC(=O)CBr. The summed E-state index contributed by atoms with van der Waals surface area (Å²) in [7, 11) is 1.34. The molecule has 8 heteroatoms. The second-order valence-electron chi connectivity index (χ2n) is 4.08. The fourth-order valence-electron chi connectivity index (χ4n) is 1.14. The molecule has 0 fully saturated rings. The number of halogens is 2. The zero-order chi connectivity index (χ0) is 17.4. The number of alkyl halides is 2. The Labute approximate surface area is 147 Å². The van der Waals surface area contributed by atoms with Crippen LogP contribution >= 0.6 is 31.9 Å². The van der Waals surface area contributed by atoms with Crippen molar-refractivity contribution in [3.05, 3.63) is 0 Å². The molecule has 0 rings (SSSR count). The maximum atomic E-state index is 10.7. The Balaban J connectivity index is 0. The highest BCUT2D eigenvalue weighted by Crippen LogP contribution is 1.99. The van der Waals surface area contributed by atoms with Crippen molar-refractivity contribution in [1.29, 1.82) is 0 Å². The molecule has 0 saturated heterocycles. The molecule has 0 bridgehead atoms. The summed E-state index contributed by atoms with van der Waals surface area (Å²) in [6.07, 6.45) is 1.81. The van der Waals surface area contributed by atoms with Gasteiger partial charge in [0.05, 0.1) is 30.8 Å². The largest absolute Gasteiger partial charge is 0.469 e. The second-order valence-corrected chi connectivity index (χ2v) is 5.20. The van der Waals surface area contributed by atoms with Crippen LogP contribution in [-0.2, 0) is 28.7 Å². The van der Waals surface area contributed by atoms with E-state index in [1.54, 1.807) is 6.92 Å². The molecular formula is C14H22Br2O6. The van der Waals surface area contributed by atoms with Crippen molar-refractivity contribution in [3.63, 3.8) is 0 Å². The molecule has 0 saturated carbocycles. The van der Waals surface area contributed by atoms with Crippen molar-refractivity contribution in [1.82, 2.24) is 0 Å². The molecule has 0 aromatic heterocycles. The van der Waals surface area contributed by atoms with Crippen molar-refractivity contribution in [2.75, 3.05) is 24.4 Å². The third-order valence-corrected chi connectivity index (χ3v) is 3.53. The highest BCUT2D eigenvalue weighted by Gasteiger charge is 2.05. The molecule has 0 aromatic rings. The zero-order valence-electron chi connectivity index (χ0n) is 12.9. The lowest BCUT2D eigenvalue weighted by Gasteiger charge is -1.98. The minimum atomic E-state index is -0.304. The molecule has 0 aliphatic heterocycles. The van der Waals surface area contributed by atoms with Gasteiger partial charge in [-0.2, -0.15) is 0 Å². The Morgan fingerprint density at radius 1 is 0.818 bits per heavy atom. The number of ether oxygens (including phenoxy) is 2. The molecule has 0 aliphatic carbocycles. The number of carbonyl (C=O) groups is 4. The molecule has 0 amide bonds. The van der Waals surface area contributed by atoms with Crippen LogP contribution in [0.3, 0.4) is 0 Å². The molecule has 0 aliphatic rings. The summed E-state index contributed by atoms with van der Waals surface area (Å²) in [5.41, 5.74) is 0. The van der Waals surface area contributed by atoms with E-state index in [-0.39, 0.29) is 36.3 Å². The first-order valence-corrected chi connectivity index (χ1v) is 9.03. The van der Waals surface area contributed by atoms with Crippen LogP contribution in [0.2, 0.25) is 0 Å². The summed E-state index contributed by atoms with van der Waals surface area (Å²) in [5, 5.41) is 0.681. The van der Waals surface area contributed by atoms with Crippen LogP contribution in [0.4, 0.5) is 0 Å². The summed E-state index contributed by atoms with van der Waals surface area (Å²) in [6, 6.07) is 0. The highest BCUT2D eigenvalue weighted by atomic mass is 79.9. The van der Waals surface area contributed by atoms with Gasteiger partial charge < -0.3 is 9.47 Å². The van der Waals surface area contributed by atoms with Gasteiger partial charge in [-0.3, -0.25) is 19.2 Å². The lowest BCUT2D eigenvalue weighted by molar-refractivity contribution is -0.144. The van der Waals surface area contributed by atoms with Crippen LogP contribution in [0.5, 0.6) is 0 Å². The van der Waals surface area contributed by atoms with Gasteiger partial charge in [-0.05, 0) is 13.3 Å². The van der Waals surface area contributed by atoms with Gasteiger partial charge in [0.2, 0.25) is 0 Å². The van der Waals surface area contributed by atoms with Crippen molar-refractivity contribution < 1.29 is 28.7 Å². The minimum absolute atomic E-state index is 0.0260. The molecule has 128 valence electrons. The summed E-state index contributed by atoms with van der Waals surface area (Å²) < 4.78 is 9.03. The number of Topliss-reactive ketones (excluding diaryl/α,β-unsaturated/α-hetero) is 2. The van der Waals surface area contributed by atoms with Gasteiger partial charge in [0, 0.05) is 19.3 Å². The van der Waals surface area contributed by atoms with Crippen LogP contribution in [0.1, 0.15) is 39.0 Å². The predicted octanol–water partition coefficient (Wildman–Crippen LogP) is 2.59. The van der Waals surface area contributed by atoms with Crippen molar-refractivity contribution in [2.45, 2.75) is 39.0 Å². The number of methoxy groups -OCH3 is 1. The Morgan fingerprint density at radius 3 is 1.82 bits per heavy atom. The molecule has 22 heavy (non-hydrogen) atoms. The average Bonchev–Trinajstić information content (AvgIpc) is 2.52. The van der Waals surface area contributed by atoms with Crippen molar-refractivity contribution in [2.24, 2.45) is 0 Å². The summed E-state index contributed by atoms with van der Waals surface area (Å²) >= 11 is 6.04. The number of rotatable bonds is 10. The Hall–Kier alpha value is -0.760. The van der Waals surface area contributed by atoms with Gasteiger partial charge in [-0.1, -0.05) is 31.9 Å². The van der Waals surface area contributed by atoms with E-state index in [1.165, 1.54) is 7.11 Å². The van der Waals surface area contributed by atoms with Crippen molar-refractivity contribution >= 4 is 55.4 Å². The quantitative estimate of drug-likeness (QED) is 0.379. The highest BCUT2D eigenvalue weighted by molar-refractivity contribution is 9.09. The van der Waals surface area contributed by atoms with E-state index < -0.39 is 0 Å². The number of carbonyl (C=O) groups excluding carboxylic acids is 4.